The Balaban J connectivity index is 3.31. The van der Waals surface area contributed by atoms with Crippen LogP contribution in [0.1, 0.15) is 0 Å². The summed E-state index contributed by atoms with van der Waals surface area (Å²) in [7, 11) is 0. The fourth-order valence-corrected chi connectivity index (χ4v) is 1.08. The van der Waals surface area contributed by atoms with Crippen molar-refractivity contribution in [3.8, 4) is 0 Å². The van der Waals surface area contributed by atoms with E-state index < -0.39 is 11.6 Å². The normalized spacial score (nSPS) is 10.0. The Bertz CT molecular complexity index is 239. The number of benzene rings is 1. The third-order valence-corrected chi connectivity index (χ3v) is 2.85. The molecule has 0 heterocycles. The largest absolute Gasteiger partial charge is 0.207 e. The van der Waals surface area contributed by atoms with Crippen LogP contribution in [0.15, 0.2) is 17.0 Å². The molecule has 0 aliphatic heterocycles. The van der Waals surface area contributed by atoms with Crippen LogP contribution in [0.2, 0.25) is 0 Å². The monoisotopic (exact) mass is 272 g/mol. The van der Waals surface area contributed by atoms with Crippen molar-refractivity contribution in [1.82, 2.24) is 0 Å². The molecule has 0 spiro atoms. The molecule has 1 aromatic carbocycles. The van der Waals surface area contributed by atoms with Gasteiger partial charge < -0.3 is 0 Å². The summed E-state index contributed by atoms with van der Waals surface area (Å²) in [6.07, 6.45) is 0. The summed E-state index contributed by atoms with van der Waals surface area (Å²) in [5.74, 6) is -1.16. The molecular weight excluding hydrogens is 269 g/mol. The van der Waals surface area contributed by atoms with E-state index in [2.05, 4.69) is 12.6 Å². The quantitative estimate of drug-likeness (QED) is 0.419. The number of hydrogen-bond acceptors (Lipinski definition) is 1. The first-order valence-corrected chi connectivity index (χ1v) is 3.97. The van der Waals surface area contributed by atoms with Gasteiger partial charge in [-0.05, 0) is 28.7 Å². The third kappa shape index (κ3) is 1.60. The number of halogens is 3. The van der Waals surface area contributed by atoms with Crippen LogP contribution in [-0.4, -0.2) is 0 Å². The lowest BCUT2D eigenvalue weighted by atomic mass is 10.3. The van der Waals surface area contributed by atoms with Gasteiger partial charge in [0.15, 0.2) is 0 Å². The number of rotatable bonds is 0. The van der Waals surface area contributed by atoms with Gasteiger partial charge in [-0.15, -0.1) is 12.6 Å². The molecule has 0 atom stereocenters. The van der Waals surface area contributed by atoms with Gasteiger partial charge in [0.1, 0.15) is 11.6 Å². The van der Waals surface area contributed by atoms with Crippen molar-refractivity contribution < 1.29 is 8.78 Å². The van der Waals surface area contributed by atoms with Crippen LogP contribution < -0.4 is 0 Å². The van der Waals surface area contributed by atoms with Gasteiger partial charge in [0.2, 0.25) is 0 Å². The molecule has 0 bridgehead atoms. The van der Waals surface area contributed by atoms with E-state index in [9.17, 15) is 8.78 Å². The third-order valence-electron chi connectivity index (χ3n) is 0.974. The van der Waals surface area contributed by atoms with Gasteiger partial charge in [0.25, 0.3) is 0 Å². The summed E-state index contributed by atoms with van der Waals surface area (Å²) in [5.41, 5.74) is 0. The highest BCUT2D eigenvalue weighted by Crippen LogP contribution is 2.20. The van der Waals surface area contributed by atoms with Gasteiger partial charge >= 0.3 is 0 Å². The first kappa shape index (κ1) is 8.26. The molecule has 0 amide bonds. The minimum absolute atomic E-state index is 0.332. The smallest absolute Gasteiger partial charge is 0.140 e. The first-order chi connectivity index (χ1) is 4.61. The van der Waals surface area contributed by atoms with Crippen LogP contribution in [0.5, 0.6) is 0 Å². The molecule has 0 radical (unpaired) electrons. The molecule has 0 saturated heterocycles. The summed E-state index contributed by atoms with van der Waals surface area (Å²) in [6, 6.07) is 2.01. The summed E-state index contributed by atoms with van der Waals surface area (Å²) in [4.78, 5) is 0.332. The van der Waals surface area contributed by atoms with Crippen LogP contribution in [0.3, 0.4) is 0 Å². The fraction of sp³-hybridized carbons (Fsp3) is 0. The number of hydrogen-bond donors (Lipinski definition) is 1. The minimum atomic E-state index is -0.595. The molecular formula is C6H3F2IS. The number of thiol groups is 1. The molecule has 0 aliphatic carbocycles. The molecule has 54 valence electrons. The highest BCUT2D eigenvalue weighted by Gasteiger charge is 2.04. The van der Waals surface area contributed by atoms with Crippen molar-refractivity contribution in [3.05, 3.63) is 27.3 Å². The maximum atomic E-state index is 12.5. The molecule has 0 saturated carbocycles. The summed E-state index contributed by atoms with van der Waals surface area (Å²) >= 11 is 5.62. The van der Waals surface area contributed by atoms with Crippen molar-refractivity contribution in [3.63, 3.8) is 0 Å². The van der Waals surface area contributed by atoms with E-state index in [-0.39, 0.29) is 0 Å². The lowest BCUT2D eigenvalue weighted by molar-refractivity contribution is 0.572. The standard InChI is InChI=1S/C6H3F2IS/c7-3-1-4(8)6(9)5(10)2-3/h1-2,10H. The molecule has 10 heavy (non-hydrogen) atoms. The highest BCUT2D eigenvalue weighted by atomic mass is 127. The maximum Gasteiger partial charge on any atom is 0.140 e. The van der Waals surface area contributed by atoms with E-state index in [4.69, 9.17) is 0 Å². The molecule has 0 unspecified atom stereocenters. The second-order valence-corrected chi connectivity index (χ2v) is 3.28. The highest BCUT2D eigenvalue weighted by molar-refractivity contribution is 14.1. The first-order valence-electron chi connectivity index (χ1n) is 2.45. The molecule has 1 rings (SSSR count). The summed E-state index contributed by atoms with van der Waals surface area (Å²) in [6.45, 7) is 0. The van der Waals surface area contributed by atoms with Crippen molar-refractivity contribution >= 4 is 35.2 Å². The molecule has 0 aromatic heterocycles. The molecule has 0 fully saturated rings. The Labute approximate surface area is 76.2 Å². The zero-order valence-electron chi connectivity index (χ0n) is 4.74. The summed E-state index contributed by atoms with van der Waals surface area (Å²) in [5, 5.41) is 0. The maximum absolute atomic E-state index is 12.5. The van der Waals surface area contributed by atoms with Gasteiger partial charge in [0, 0.05) is 11.0 Å². The van der Waals surface area contributed by atoms with E-state index in [0.717, 1.165) is 6.07 Å². The van der Waals surface area contributed by atoms with E-state index in [1.807, 2.05) is 0 Å². The molecule has 4 heteroatoms. The predicted octanol–water partition coefficient (Wildman–Crippen LogP) is 2.86. The van der Waals surface area contributed by atoms with Crippen LogP contribution in [-0.2, 0) is 0 Å². The van der Waals surface area contributed by atoms with Crippen molar-refractivity contribution in [2.45, 2.75) is 4.90 Å². The lowest BCUT2D eigenvalue weighted by Gasteiger charge is -1.97. The Hall–Kier alpha value is 0.160. The van der Waals surface area contributed by atoms with Gasteiger partial charge in [-0.3, -0.25) is 0 Å². The average molecular weight is 272 g/mol. The predicted molar refractivity (Wildman–Crippen MR) is 46.3 cm³/mol. The Morgan fingerprint density at radius 2 is 1.90 bits per heavy atom. The second-order valence-electron chi connectivity index (χ2n) is 1.72. The van der Waals surface area contributed by atoms with E-state index in [1.54, 1.807) is 22.6 Å². The molecule has 1 aromatic rings. The topological polar surface area (TPSA) is 0 Å². The molecule has 0 N–H and O–H groups in total. The van der Waals surface area contributed by atoms with Crippen LogP contribution in [0, 0.1) is 15.2 Å². The van der Waals surface area contributed by atoms with E-state index in [0.29, 0.717) is 8.47 Å². The van der Waals surface area contributed by atoms with Crippen molar-refractivity contribution in [2.24, 2.45) is 0 Å². The SMILES string of the molecule is Fc1cc(F)c(I)c(S)c1. The van der Waals surface area contributed by atoms with Gasteiger partial charge in [0.05, 0.1) is 3.57 Å². The lowest BCUT2D eigenvalue weighted by Crippen LogP contribution is -1.85. The van der Waals surface area contributed by atoms with Crippen LogP contribution in [0.25, 0.3) is 0 Å². The summed E-state index contributed by atoms with van der Waals surface area (Å²) < 4.78 is 25.2. The Morgan fingerprint density at radius 3 is 2.40 bits per heavy atom. The zero-order valence-corrected chi connectivity index (χ0v) is 7.79. The average Bonchev–Trinajstić information content (AvgIpc) is 1.82. The van der Waals surface area contributed by atoms with Crippen molar-refractivity contribution in [2.75, 3.05) is 0 Å². The van der Waals surface area contributed by atoms with Gasteiger partial charge in [-0.1, -0.05) is 0 Å². The zero-order chi connectivity index (χ0) is 7.72. The fourth-order valence-electron chi connectivity index (χ4n) is 0.542. The van der Waals surface area contributed by atoms with Crippen LogP contribution >= 0.6 is 35.2 Å². The van der Waals surface area contributed by atoms with Gasteiger partial charge in [-0.25, -0.2) is 8.78 Å². The Kier molecular flexibility index (Phi) is 2.51. The minimum Gasteiger partial charge on any atom is -0.207 e. The van der Waals surface area contributed by atoms with Gasteiger partial charge in [-0.2, -0.15) is 0 Å². The van der Waals surface area contributed by atoms with Crippen molar-refractivity contribution in [1.29, 1.82) is 0 Å². The van der Waals surface area contributed by atoms with E-state index >= 15 is 0 Å². The Morgan fingerprint density at radius 1 is 1.30 bits per heavy atom. The molecule has 0 aliphatic rings. The molecule has 0 nitrogen and oxygen atoms in total. The van der Waals surface area contributed by atoms with E-state index in [1.165, 1.54) is 6.07 Å². The van der Waals surface area contributed by atoms with Crippen LogP contribution in [0.4, 0.5) is 8.78 Å². The second kappa shape index (κ2) is 3.04.